The van der Waals surface area contributed by atoms with E-state index in [0.717, 1.165) is 50.7 Å². The van der Waals surface area contributed by atoms with Crippen LogP contribution < -0.4 is 0 Å². The van der Waals surface area contributed by atoms with Crippen molar-refractivity contribution in [3.05, 3.63) is 17.5 Å². The Morgan fingerprint density at radius 2 is 2.00 bits per heavy atom. The third-order valence-electron chi connectivity index (χ3n) is 3.04. The van der Waals surface area contributed by atoms with E-state index in [0.29, 0.717) is 0 Å². The minimum Gasteiger partial charge on any atom is -0.392 e. The number of aliphatic hydroxyl groups excluding tert-OH is 1. The van der Waals surface area contributed by atoms with Gasteiger partial charge in [0.15, 0.2) is 5.76 Å². The molecule has 5 nitrogen and oxygen atoms in total. The number of rotatable bonds is 4. The van der Waals surface area contributed by atoms with Crippen molar-refractivity contribution in [1.82, 2.24) is 15.0 Å². The quantitative estimate of drug-likeness (QED) is 0.828. The summed E-state index contributed by atoms with van der Waals surface area (Å²) in [6.45, 7) is 9.45. The predicted molar refractivity (Wildman–Crippen MR) is 64.6 cm³/mol. The maximum absolute atomic E-state index is 9.33. The number of aliphatic hydroxyl groups is 1. The third kappa shape index (κ3) is 3.80. The molecule has 2 rings (SSSR count). The molecule has 1 aromatic rings. The highest BCUT2D eigenvalue weighted by atomic mass is 16.5. The summed E-state index contributed by atoms with van der Waals surface area (Å²) in [5.41, 5.74) is 0.938. The molecule has 1 N–H and O–H groups in total. The molecule has 96 valence electrons. The van der Waals surface area contributed by atoms with Crippen LogP contribution in [0.15, 0.2) is 10.6 Å². The monoisotopic (exact) mass is 239 g/mol. The van der Waals surface area contributed by atoms with Crippen molar-refractivity contribution in [2.75, 3.05) is 32.7 Å². The van der Waals surface area contributed by atoms with E-state index < -0.39 is 0 Å². The number of aromatic nitrogens is 1. The summed E-state index contributed by atoms with van der Waals surface area (Å²) in [5.74, 6) is 0.937. The molecule has 0 radical (unpaired) electrons. The van der Waals surface area contributed by atoms with Crippen LogP contribution in [0.1, 0.15) is 18.4 Å². The van der Waals surface area contributed by atoms with Gasteiger partial charge in [-0.15, -0.1) is 0 Å². The molecule has 0 bridgehead atoms. The summed E-state index contributed by atoms with van der Waals surface area (Å²) >= 11 is 0. The maximum atomic E-state index is 9.33. The number of hydrogen-bond acceptors (Lipinski definition) is 5. The van der Waals surface area contributed by atoms with Crippen molar-refractivity contribution in [3.63, 3.8) is 0 Å². The van der Waals surface area contributed by atoms with Crippen LogP contribution in [0.5, 0.6) is 0 Å². The Hall–Kier alpha value is -0.910. The van der Waals surface area contributed by atoms with Crippen LogP contribution in [0.4, 0.5) is 0 Å². The maximum Gasteiger partial charge on any atom is 0.150 e. The van der Waals surface area contributed by atoms with Crippen LogP contribution in [0.2, 0.25) is 0 Å². The molecule has 5 heteroatoms. The first-order valence-corrected chi connectivity index (χ1v) is 6.18. The fourth-order valence-corrected chi connectivity index (χ4v) is 2.21. The predicted octanol–water partition coefficient (Wildman–Crippen LogP) is 0.481. The van der Waals surface area contributed by atoms with Gasteiger partial charge in [0.1, 0.15) is 0 Å². The van der Waals surface area contributed by atoms with Gasteiger partial charge in [-0.05, 0) is 13.8 Å². The highest BCUT2D eigenvalue weighted by Gasteiger charge is 2.18. The lowest BCUT2D eigenvalue weighted by atomic mass is 10.2. The standard InChI is InChI=1S/C12H21N3O2/c1-10-7-12(17-13-10)9-15-5-3-14(4-6-15)8-11(2)16/h7,11,16H,3-6,8-9H2,1-2H3. The van der Waals surface area contributed by atoms with Gasteiger partial charge in [-0.1, -0.05) is 5.16 Å². The zero-order valence-electron chi connectivity index (χ0n) is 10.6. The van der Waals surface area contributed by atoms with Gasteiger partial charge in [0.05, 0.1) is 18.3 Å². The highest BCUT2D eigenvalue weighted by molar-refractivity contribution is 5.03. The fourth-order valence-electron chi connectivity index (χ4n) is 2.21. The zero-order chi connectivity index (χ0) is 12.3. The summed E-state index contributed by atoms with van der Waals surface area (Å²) in [4.78, 5) is 4.66. The van der Waals surface area contributed by atoms with E-state index in [1.165, 1.54) is 0 Å². The van der Waals surface area contributed by atoms with Crippen molar-refractivity contribution < 1.29 is 9.63 Å². The van der Waals surface area contributed by atoms with Gasteiger partial charge in [0, 0.05) is 38.8 Å². The van der Waals surface area contributed by atoms with Gasteiger partial charge in [0.2, 0.25) is 0 Å². The van der Waals surface area contributed by atoms with Crippen molar-refractivity contribution in [2.45, 2.75) is 26.5 Å². The summed E-state index contributed by atoms with van der Waals surface area (Å²) in [6, 6.07) is 1.99. The van der Waals surface area contributed by atoms with Crippen LogP contribution in [-0.2, 0) is 6.54 Å². The number of hydrogen-bond donors (Lipinski definition) is 1. The molecule has 0 saturated carbocycles. The lowest BCUT2D eigenvalue weighted by Gasteiger charge is -2.34. The number of nitrogens with zero attached hydrogens (tertiary/aromatic N) is 3. The molecular weight excluding hydrogens is 218 g/mol. The van der Waals surface area contributed by atoms with Gasteiger partial charge in [0.25, 0.3) is 0 Å². The molecule has 0 aromatic carbocycles. The Morgan fingerprint density at radius 3 is 2.53 bits per heavy atom. The summed E-state index contributed by atoms with van der Waals surface area (Å²) in [5, 5.41) is 13.2. The van der Waals surface area contributed by atoms with E-state index >= 15 is 0 Å². The number of β-amino-alcohol motifs (C(OH)–C–C–N with tert-alkyl or cyclic N) is 1. The van der Waals surface area contributed by atoms with Crippen LogP contribution >= 0.6 is 0 Å². The molecule has 1 fully saturated rings. The van der Waals surface area contributed by atoms with E-state index in [9.17, 15) is 5.11 Å². The van der Waals surface area contributed by atoms with E-state index in [1.54, 1.807) is 0 Å². The van der Waals surface area contributed by atoms with Crippen LogP contribution in [0.25, 0.3) is 0 Å². The first-order chi connectivity index (χ1) is 8.13. The molecule has 0 amide bonds. The molecule has 1 unspecified atom stereocenters. The van der Waals surface area contributed by atoms with Crippen molar-refractivity contribution >= 4 is 0 Å². The van der Waals surface area contributed by atoms with E-state index in [2.05, 4.69) is 15.0 Å². The largest absolute Gasteiger partial charge is 0.392 e. The van der Waals surface area contributed by atoms with Gasteiger partial charge < -0.3 is 9.63 Å². The molecule has 1 atom stereocenters. The third-order valence-corrected chi connectivity index (χ3v) is 3.04. The molecule has 0 spiro atoms. The summed E-state index contributed by atoms with van der Waals surface area (Å²) < 4.78 is 5.21. The Balaban J connectivity index is 1.75. The number of aryl methyl sites for hydroxylation is 1. The van der Waals surface area contributed by atoms with Gasteiger partial charge in [-0.25, -0.2) is 0 Å². The molecule has 1 saturated heterocycles. The van der Waals surface area contributed by atoms with Crippen LogP contribution in [0, 0.1) is 6.92 Å². The molecule has 0 aliphatic carbocycles. The summed E-state index contributed by atoms with van der Waals surface area (Å²) in [7, 11) is 0. The second-order valence-corrected chi connectivity index (χ2v) is 4.86. The topological polar surface area (TPSA) is 52.7 Å². The SMILES string of the molecule is Cc1cc(CN2CCN(CC(C)O)CC2)on1. The van der Waals surface area contributed by atoms with E-state index in [1.807, 2.05) is 19.9 Å². The average Bonchev–Trinajstić information content (AvgIpc) is 2.66. The lowest BCUT2D eigenvalue weighted by Crippen LogP contribution is -2.47. The first kappa shape index (κ1) is 12.5. The van der Waals surface area contributed by atoms with E-state index in [-0.39, 0.29) is 6.10 Å². The Bertz CT molecular complexity index is 343. The molecular formula is C12H21N3O2. The fraction of sp³-hybridized carbons (Fsp3) is 0.750. The van der Waals surface area contributed by atoms with Crippen LogP contribution in [0.3, 0.4) is 0 Å². The second-order valence-electron chi connectivity index (χ2n) is 4.86. The normalized spacial score (nSPS) is 20.6. The molecule has 17 heavy (non-hydrogen) atoms. The Labute approximate surface area is 102 Å². The first-order valence-electron chi connectivity index (χ1n) is 6.18. The van der Waals surface area contributed by atoms with Crippen molar-refractivity contribution in [2.24, 2.45) is 0 Å². The molecule has 2 heterocycles. The van der Waals surface area contributed by atoms with Crippen LogP contribution in [-0.4, -0.2) is 58.9 Å². The minimum absolute atomic E-state index is 0.238. The minimum atomic E-state index is -0.238. The number of piperazine rings is 1. The zero-order valence-corrected chi connectivity index (χ0v) is 10.6. The highest BCUT2D eigenvalue weighted by Crippen LogP contribution is 2.09. The smallest absolute Gasteiger partial charge is 0.150 e. The summed E-state index contributed by atoms with van der Waals surface area (Å²) in [6.07, 6.45) is -0.238. The van der Waals surface area contributed by atoms with Gasteiger partial charge >= 0.3 is 0 Å². The van der Waals surface area contributed by atoms with E-state index in [4.69, 9.17) is 4.52 Å². The molecule has 1 aliphatic heterocycles. The van der Waals surface area contributed by atoms with Crippen molar-refractivity contribution in [1.29, 1.82) is 0 Å². The lowest BCUT2D eigenvalue weighted by molar-refractivity contribution is 0.0745. The Morgan fingerprint density at radius 1 is 1.35 bits per heavy atom. The second kappa shape index (κ2) is 5.62. The average molecular weight is 239 g/mol. The molecule has 1 aromatic heterocycles. The van der Waals surface area contributed by atoms with Gasteiger partial charge in [-0.3, -0.25) is 9.80 Å². The van der Waals surface area contributed by atoms with Crippen molar-refractivity contribution in [3.8, 4) is 0 Å². The van der Waals surface area contributed by atoms with Gasteiger partial charge in [-0.2, -0.15) is 0 Å². The Kier molecular flexibility index (Phi) is 4.15. The molecule has 1 aliphatic rings.